The standard InChI is InChI=1S/C17H18ClN3/c1-12-5-4-6-15-17(12)21(16(11-18)19-15)14-9-7-13(8-10-14)20(2)3/h4-10H,11H2,1-3H3. The van der Waals surface area contributed by atoms with Crippen LogP contribution in [-0.4, -0.2) is 23.6 Å². The van der Waals surface area contributed by atoms with Crippen LogP contribution in [0.3, 0.4) is 0 Å². The Balaban J connectivity index is 2.23. The smallest absolute Gasteiger partial charge is 0.129 e. The van der Waals surface area contributed by atoms with Crippen LogP contribution in [0.15, 0.2) is 42.5 Å². The molecular formula is C17H18ClN3. The van der Waals surface area contributed by atoms with Gasteiger partial charge in [0.05, 0.1) is 16.9 Å². The zero-order valence-corrected chi connectivity index (χ0v) is 13.2. The fraction of sp³-hybridized carbons (Fsp3) is 0.235. The highest BCUT2D eigenvalue weighted by molar-refractivity contribution is 6.17. The van der Waals surface area contributed by atoms with Gasteiger partial charge in [0.1, 0.15) is 5.82 Å². The minimum absolute atomic E-state index is 0.392. The number of anilines is 1. The highest BCUT2D eigenvalue weighted by Crippen LogP contribution is 2.26. The van der Waals surface area contributed by atoms with Crippen molar-refractivity contribution < 1.29 is 0 Å². The average Bonchev–Trinajstić information content (AvgIpc) is 2.87. The molecule has 0 amide bonds. The molecule has 0 aliphatic carbocycles. The monoisotopic (exact) mass is 299 g/mol. The molecule has 0 saturated heterocycles. The Kier molecular flexibility index (Phi) is 3.60. The largest absolute Gasteiger partial charge is 0.378 e. The molecular weight excluding hydrogens is 282 g/mol. The number of imidazole rings is 1. The van der Waals surface area contributed by atoms with Gasteiger partial charge in [-0.25, -0.2) is 4.98 Å². The van der Waals surface area contributed by atoms with Gasteiger partial charge in [0.2, 0.25) is 0 Å². The highest BCUT2D eigenvalue weighted by Gasteiger charge is 2.13. The number of hydrogen-bond acceptors (Lipinski definition) is 2. The number of aryl methyl sites for hydroxylation is 1. The molecule has 21 heavy (non-hydrogen) atoms. The molecule has 0 bridgehead atoms. The molecule has 1 heterocycles. The van der Waals surface area contributed by atoms with Crippen molar-refractivity contribution in [1.82, 2.24) is 9.55 Å². The molecule has 0 saturated carbocycles. The van der Waals surface area contributed by atoms with Gasteiger partial charge in [-0.05, 0) is 42.8 Å². The third-order valence-corrected chi connectivity index (χ3v) is 3.93. The summed E-state index contributed by atoms with van der Waals surface area (Å²) in [5.41, 5.74) is 5.58. The van der Waals surface area contributed by atoms with Gasteiger partial charge < -0.3 is 4.90 Å². The first-order valence-electron chi connectivity index (χ1n) is 6.92. The van der Waals surface area contributed by atoms with Crippen molar-refractivity contribution in [2.45, 2.75) is 12.8 Å². The van der Waals surface area contributed by atoms with Crippen LogP contribution in [0, 0.1) is 6.92 Å². The van der Waals surface area contributed by atoms with Crippen molar-refractivity contribution in [1.29, 1.82) is 0 Å². The predicted octanol–water partition coefficient (Wildman–Crippen LogP) is 4.14. The van der Waals surface area contributed by atoms with Gasteiger partial charge in [-0.3, -0.25) is 4.57 Å². The van der Waals surface area contributed by atoms with E-state index in [1.807, 2.05) is 26.2 Å². The van der Waals surface area contributed by atoms with E-state index in [4.69, 9.17) is 11.6 Å². The molecule has 3 nitrogen and oxygen atoms in total. The minimum atomic E-state index is 0.392. The summed E-state index contributed by atoms with van der Waals surface area (Å²) in [6.07, 6.45) is 0. The van der Waals surface area contributed by atoms with Crippen molar-refractivity contribution in [2.24, 2.45) is 0 Å². The molecule has 0 N–H and O–H groups in total. The first-order valence-corrected chi connectivity index (χ1v) is 7.46. The Morgan fingerprint density at radius 2 is 1.81 bits per heavy atom. The van der Waals surface area contributed by atoms with E-state index < -0.39 is 0 Å². The first-order chi connectivity index (χ1) is 10.1. The molecule has 2 aromatic carbocycles. The van der Waals surface area contributed by atoms with Crippen molar-refractivity contribution >= 4 is 28.3 Å². The number of halogens is 1. The lowest BCUT2D eigenvalue weighted by Crippen LogP contribution is -2.08. The summed E-state index contributed by atoms with van der Waals surface area (Å²) in [4.78, 5) is 6.73. The lowest BCUT2D eigenvalue weighted by Gasteiger charge is -2.14. The molecule has 1 aromatic heterocycles. The normalized spacial score (nSPS) is 11.0. The molecule has 108 valence electrons. The minimum Gasteiger partial charge on any atom is -0.378 e. The Bertz CT molecular complexity index is 773. The Hall–Kier alpha value is -2.00. The van der Waals surface area contributed by atoms with E-state index in [0.29, 0.717) is 5.88 Å². The van der Waals surface area contributed by atoms with Gasteiger partial charge in [-0.2, -0.15) is 0 Å². The number of nitrogens with zero attached hydrogens (tertiary/aromatic N) is 3. The van der Waals surface area contributed by atoms with Crippen LogP contribution in [0.2, 0.25) is 0 Å². The Morgan fingerprint density at radius 1 is 1.10 bits per heavy atom. The van der Waals surface area contributed by atoms with E-state index in [-0.39, 0.29) is 0 Å². The summed E-state index contributed by atoms with van der Waals surface area (Å²) in [5.74, 6) is 1.27. The number of fused-ring (bicyclic) bond motifs is 1. The van der Waals surface area contributed by atoms with Crippen molar-refractivity contribution in [3.05, 3.63) is 53.9 Å². The van der Waals surface area contributed by atoms with Crippen LogP contribution in [0.4, 0.5) is 5.69 Å². The number of aromatic nitrogens is 2. The molecule has 0 fully saturated rings. The molecule has 0 atom stereocenters. The second-order valence-corrected chi connectivity index (χ2v) is 5.62. The maximum Gasteiger partial charge on any atom is 0.129 e. The van der Waals surface area contributed by atoms with Gasteiger partial charge in [0, 0.05) is 25.5 Å². The zero-order chi connectivity index (χ0) is 15.0. The van der Waals surface area contributed by atoms with E-state index in [9.17, 15) is 0 Å². The first kappa shape index (κ1) is 14.0. The van der Waals surface area contributed by atoms with Gasteiger partial charge >= 0.3 is 0 Å². The van der Waals surface area contributed by atoms with Gasteiger partial charge in [0.15, 0.2) is 0 Å². The maximum atomic E-state index is 6.10. The Labute approximate surface area is 129 Å². The summed E-state index contributed by atoms with van der Waals surface area (Å²) in [6, 6.07) is 14.6. The van der Waals surface area contributed by atoms with Crippen LogP contribution in [0.1, 0.15) is 11.4 Å². The topological polar surface area (TPSA) is 21.1 Å². The third kappa shape index (κ3) is 2.38. The number of alkyl halides is 1. The number of para-hydroxylation sites is 1. The van der Waals surface area contributed by atoms with Crippen molar-refractivity contribution in [3.8, 4) is 5.69 Å². The Morgan fingerprint density at radius 3 is 2.43 bits per heavy atom. The van der Waals surface area contributed by atoms with Crippen molar-refractivity contribution in [3.63, 3.8) is 0 Å². The van der Waals surface area contributed by atoms with E-state index >= 15 is 0 Å². The molecule has 0 unspecified atom stereocenters. The maximum absolute atomic E-state index is 6.10. The van der Waals surface area contributed by atoms with Crippen LogP contribution in [-0.2, 0) is 5.88 Å². The van der Waals surface area contributed by atoms with Crippen LogP contribution < -0.4 is 4.90 Å². The second-order valence-electron chi connectivity index (χ2n) is 5.35. The molecule has 0 aliphatic heterocycles. The van der Waals surface area contributed by atoms with E-state index in [0.717, 1.165) is 22.5 Å². The van der Waals surface area contributed by atoms with Crippen molar-refractivity contribution in [2.75, 3.05) is 19.0 Å². The third-order valence-electron chi connectivity index (χ3n) is 3.69. The SMILES string of the molecule is Cc1cccc2nc(CCl)n(-c3ccc(N(C)C)cc3)c12. The van der Waals surface area contributed by atoms with Gasteiger partial charge in [-0.1, -0.05) is 12.1 Å². The van der Waals surface area contributed by atoms with E-state index in [1.54, 1.807) is 0 Å². The van der Waals surface area contributed by atoms with Gasteiger partial charge in [0.25, 0.3) is 0 Å². The summed E-state index contributed by atoms with van der Waals surface area (Å²) in [7, 11) is 4.08. The molecule has 0 radical (unpaired) electrons. The lowest BCUT2D eigenvalue weighted by molar-refractivity contribution is 0.978. The fourth-order valence-electron chi connectivity index (χ4n) is 2.61. The fourth-order valence-corrected chi connectivity index (χ4v) is 2.79. The highest BCUT2D eigenvalue weighted by atomic mass is 35.5. The molecule has 0 spiro atoms. The quantitative estimate of drug-likeness (QED) is 0.678. The zero-order valence-electron chi connectivity index (χ0n) is 12.5. The van der Waals surface area contributed by atoms with Crippen LogP contribution in [0.5, 0.6) is 0 Å². The van der Waals surface area contributed by atoms with Crippen LogP contribution >= 0.6 is 11.6 Å². The number of benzene rings is 2. The molecule has 3 rings (SSSR count). The summed E-state index contributed by atoms with van der Waals surface area (Å²) in [6.45, 7) is 2.10. The van der Waals surface area contributed by atoms with E-state index in [1.165, 1.54) is 11.3 Å². The number of rotatable bonds is 3. The van der Waals surface area contributed by atoms with Crippen LogP contribution in [0.25, 0.3) is 16.7 Å². The summed E-state index contributed by atoms with van der Waals surface area (Å²) in [5, 5.41) is 0. The number of hydrogen-bond donors (Lipinski definition) is 0. The molecule has 4 heteroatoms. The van der Waals surface area contributed by atoms with E-state index in [2.05, 4.69) is 51.7 Å². The predicted molar refractivity (Wildman–Crippen MR) is 89.7 cm³/mol. The molecule has 3 aromatic rings. The lowest BCUT2D eigenvalue weighted by atomic mass is 10.2. The summed E-state index contributed by atoms with van der Waals surface area (Å²) >= 11 is 6.10. The average molecular weight is 300 g/mol. The van der Waals surface area contributed by atoms with Gasteiger partial charge in [-0.15, -0.1) is 11.6 Å². The summed E-state index contributed by atoms with van der Waals surface area (Å²) < 4.78 is 2.15. The molecule has 0 aliphatic rings. The second kappa shape index (κ2) is 5.41.